The van der Waals surface area contributed by atoms with Crippen LogP contribution >= 0.6 is 24.0 Å². The molecule has 0 aliphatic carbocycles. The lowest BCUT2D eigenvalue weighted by Crippen LogP contribution is -2.51. The molecule has 0 aromatic heterocycles. The van der Waals surface area contributed by atoms with Gasteiger partial charge in [0.05, 0.1) is 6.10 Å². The number of guanidine groups is 1. The maximum Gasteiger partial charge on any atom is 0.191 e. The van der Waals surface area contributed by atoms with Crippen LogP contribution in [0.4, 0.5) is 10.1 Å². The fraction of sp³-hybridized carbons (Fsp3) is 0.632. The van der Waals surface area contributed by atoms with Crippen LogP contribution in [0.1, 0.15) is 32.1 Å². The van der Waals surface area contributed by atoms with Crippen LogP contribution in [0.15, 0.2) is 29.3 Å². The van der Waals surface area contributed by atoms with Crippen LogP contribution < -0.4 is 10.6 Å². The Bertz CT molecular complexity index is 555. The standard InChI is InChI=1S/C19H29FN4O.HI/c20-16-6-8-17(9-7-16)23-11-13-24(14-12-23)19(21)22-10-3-5-18-4-1-2-15-25-18;/h6-9,18H,1-5,10-15H2,(H2,21,22);1H. The zero-order valence-electron chi connectivity index (χ0n) is 15.3. The van der Waals surface area contributed by atoms with Crippen molar-refractivity contribution in [2.75, 3.05) is 44.2 Å². The summed E-state index contributed by atoms with van der Waals surface area (Å²) in [6, 6.07) is 6.67. The second kappa shape index (κ2) is 10.9. The van der Waals surface area contributed by atoms with Crippen LogP contribution in [0.25, 0.3) is 0 Å². The molecule has 0 saturated carbocycles. The Morgan fingerprint density at radius 3 is 2.54 bits per heavy atom. The number of hydrogen-bond acceptors (Lipinski definition) is 3. The summed E-state index contributed by atoms with van der Waals surface area (Å²) in [7, 11) is 0. The van der Waals surface area contributed by atoms with Gasteiger partial charge < -0.3 is 20.3 Å². The highest BCUT2D eigenvalue weighted by Gasteiger charge is 2.18. The summed E-state index contributed by atoms with van der Waals surface area (Å²) in [5, 5.41) is 0. The number of anilines is 1. The number of hydrogen-bond donors (Lipinski definition) is 1. The van der Waals surface area contributed by atoms with Crippen molar-refractivity contribution >= 4 is 35.6 Å². The van der Waals surface area contributed by atoms with Gasteiger partial charge in [-0.15, -0.1) is 24.0 Å². The van der Waals surface area contributed by atoms with Crippen molar-refractivity contribution in [3.05, 3.63) is 30.1 Å². The molecular weight excluding hydrogens is 446 g/mol. The minimum Gasteiger partial charge on any atom is -0.378 e. The molecule has 2 aliphatic rings. The van der Waals surface area contributed by atoms with E-state index in [4.69, 9.17) is 10.5 Å². The van der Waals surface area contributed by atoms with Crippen LogP contribution in [0.5, 0.6) is 0 Å². The summed E-state index contributed by atoms with van der Waals surface area (Å²) >= 11 is 0. The Kier molecular flexibility index (Phi) is 8.90. The average Bonchev–Trinajstić information content (AvgIpc) is 2.67. The summed E-state index contributed by atoms with van der Waals surface area (Å²) in [5.74, 6) is 0.445. The first-order chi connectivity index (χ1) is 12.2. The van der Waals surface area contributed by atoms with Gasteiger partial charge in [-0.25, -0.2) is 4.39 Å². The number of ether oxygens (including phenoxy) is 1. The number of halogens is 2. The Morgan fingerprint density at radius 2 is 1.88 bits per heavy atom. The van der Waals surface area contributed by atoms with Crippen molar-refractivity contribution in [3.63, 3.8) is 0 Å². The summed E-state index contributed by atoms with van der Waals surface area (Å²) < 4.78 is 18.8. The molecule has 0 spiro atoms. The highest BCUT2D eigenvalue weighted by Crippen LogP contribution is 2.18. The van der Waals surface area contributed by atoms with Gasteiger partial charge in [-0.05, 0) is 56.4 Å². The van der Waals surface area contributed by atoms with Crippen molar-refractivity contribution in [3.8, 4) is 0 Å². The lowest BCUT2D eigenvalue weighted by atomic mass is 10.1. The molecule has 2 saturated heterocycles. The van der Waals surface area contributed by atoms with Crippen molar-refractivity contribution in [1.82, 2.24) is 4.90 Å². The monoisotopic (exact) mass is 476 g/mol. The Morgan fingerprint density at radius 1 is 1.15 bits per heavy atom. The largest absolute Gasteiger partial charge is 0.378 e. The van der Waals surface area contributed by atoms with E-state index in [-0.39, 0.29) is 29.8 Å². The van der Waals surface area contributed by atoms with E-state index in [2.05, 4.69) is 14.8 Å². The van der Waals surface area contributed by atoms with E-state index < -0.39 is 0 Å². The Balaban J connectivity index is 0.00000243. The number of piperazine rings is 1. The molecule has 2 aliphatic heterocycles. The van der Waals surface area contributed by atoms with Gasteiger partial charge in [0.15, 0.2) is 5.96 Å². The molecule has 1 aromatic rings. The van der Waals surface area contributed by atoms with Gasteiger partial charge in [0.2, 0.25) is 0 Å². The number of aliphatic imine (C=N–C) groups is 1. The minimum atomic E-state index is -0.197. The minimum absolute atomic E-state index is 0. The van der Waals surface area contributed by atoms with Gasteiger partial charge >= 0.3 is 0 Å². The van der Waals surface area contributed by atoms with E-state index in [9.17, 15) is 4.39 Å². The zero-order chi connectivity index (χ0) is 17.5. The Hall–Kier alpha value is -1.09. The molecule has 2 N–H and O–H groups in total. The van der Waals surface area contributed by atoms with Crippen LogP contribution in [0.2, 0.25) is 0 Å². The van der Waals surface area contributed by atoms with E-state index >= 15 is 0 Å². The first-order valence-electron chi connectivity index (χ1n) is 9.39. The summed E-state index contributed by atoms with van der Waals surface area (Å²) in [6.07, 6.45) is 6.20. The second-order valence-electron chi connectivity index (χ2n) is 6.82. The van der Waals surface area contributed by atoms with Crippen molar-refractivity contribution < 1.29 is 9.13 Å². The van der Waals surface area contributed by atoms with Crippen LogP contribution in [-0.2, 0) is 4.74 Å². The molecule has 5 nitrogen and oxygen atoms in total. The smallest absolute Gasteiger partial charge is 0.191 e. The molecule has 7 heteroatoms. The van der Waals surface area contributed by atoms with E-state index in [1.807, 2.05) is 12.1 Å². The van der Waals surface area contributed by atoms with Gasteiger partial charge in [0.25, 0.3) is 0 Å². The molecule has 26 heavy (non-hydrogen) atoms. The molecular formula is C19H30FIN4O. The van der Waals surface area contributed by atoms with Crippen LogP contribution in [0, 0.1) is 5.82 Å². The maximum atomic E-state index is 13.0. The molecule has 0 radical (unpaired) electrons. The number of benzene rings is 1. The van der Waals surface area contributed by atoms with Gasteiger partial charge in [0, 0.05) is 45.0 Å². The van der Waals surface area contributed by atoms with Crippen LogP contribution in [0.3, 0.4) is 0 Å². The zero-order valence-corrected chi connectivity index (χ0v) is 17.6. The highest BCUT2D eigenvalue weighted by molar-refractivity contribution is 14.0. The second-order valence-corrected chi connectivity index (χ2v) is 6.82. The first kappa shape index (κ1) is 21.2. The molecule has 1 aromatic carbocycles. The third-order valence-corrected chi connectivity index (χ3v) is 5.03. The van der Waals surface area contributed by atoms with Gasteiger partial charge in [0.1, 0.15) is 5.82 Å². The van der Waals surface area contributed by atoms with Gasteiger partial charge in [-0.2, -0.15) is 0 Å². The van der Waals surface area contributed by atoms with E-state index in [0.29, 0.717) is 12.1 Å². The molecule has 1 atom stereocenters. The normalized spacial score (nSPS) is 21.4. The molecule has 3 rings (SSSR count). The predicted molar refractivity (Wildman–Crippen MR) is 115 cm³/mol. The fourth-order valence-corrected chi connectivity index (χ4v) is 3.49. The van der Waals surface area contributed by atoms with Crippen molar-refractivity contribution in [2.24, 2.45) is 10.7 Å². The summed E-state index contributed by atoms with van der Waals surface area (Å²) in [6.45, 7) is 5.12. The molecule has 0 amide bonds. The lowest BCUT2D eigenvalue weighted by molar-refractivity contribution is 0.0105. The van der Waals surface area contributed by atoms with Crippen LogP contribution in [-0.4, -0.2) is 56.3 Å². The fourth-order valence-electron chi connectivity index (χ4n) is 3.49. The maximum absolute atomic E-state index is 13.0. The summed E-state index contributed by atoms with van der Waals surface area (Å²) in [4.78, 5) is 8.93. The first-order valence-corrected chi connectivity index (χ1v) is 9.39. The van der Waals surface area contributed by atoms with E-state index in [1.165, 1.54) is 31.4 Å². The number of nitrogens with zero attached hydrogens (tertiary/aromatic N) is 3. The Labute approximate surface area is 172 Å². The molecule has 0 bridgehead atoms. The topological polar surface area (TPSA) is 54.1 Å². The third kappa shape index (κ3) is 6.26. The number of rotatable bonds is 5. The van der Waals surface area contributed by atoms with Crippen molar-refractivity contribution in [2.45, 2.75) is 38.2 Å². The van der Waals surface area contributed by atoms with Crippen molar-refractivity contribution in [1.29, 1.82) is 0 Å². The highest BCUT2D eigenvalue weighted by atomic mass is 127. The molecule has 2 fully saturated rings. The lowest BCUT2D eigenvalue weighted by Gasteiger charge is -2.36. The molecule has 146 valence electrons. The molecule has 1 unspecified atom stereocenters. The summed E-state index contributed by atoms with van der Waals surface area (Å²) in [5.41, 5.74) is 7.21. The average molecular weight is 476 g/mol. The van der Waals surface area contributed by atoms with Gasteiger partial charge in [-0.1, -0.05) is 0 Å². The van der Waals surface area contributed by atoms with Gasteiger partial charge in [-0.3, -0.25) is 4.99 Å². The predicted octanol–water partition coefficient (Wildman–Crippen LogP) is 3.23. The number of nitrogens with two attached hydrogens (primary N) is 1. The van der Waals surface area contributed by atoms with E-state index in [1.54, 1.807) is 0 Å². The third-order valence-electron chi connectivity index (χ3n) is 5.03. The van der Waals surface area contributed by atoms with E-state index in [0.717, 1.165) is 57.9 Å². The SMILES string of the molecule is I.NC(=NCCCC1CCCCO1)N1CCN(c2ccc(F)cc2)CC1. The quantitative estimate of drug-likeness (QED) is 0.307. The molecule has 2 heterocycles.